The van der Waals surface area contributed by atoms with E-state index >= 15 is 0 Å². The van der Waals surface area contributed by atoms with Crippen molar-refractivity contribution < 1.29 is 10.0 Å². The summed E-state index contributed by atoms with van der Waals surface area (Å²) in [5, 5.41) is 8.67. The van der Waals surface area contributed by atoms with Crippen LogP contribution < -0.4 is 5.48 Å². The van der Waals surface area contributed by atoms with E-state index in [4.69, 9.17) is 5.21 Å². The van der Waals surface area contributed by atoms with Crippen LogP contribution in [-0.2, 0) is 4.79 Å². The molecule has 1 rings (SSSR count). The van der Waals surface area contributed by atoms with Gasteiger partial charge in [-0.1, -0.05) is 27.2 Å². The molecule has 3 nitrogen and oxygen atoms in total. The quantitative estimate of drug-likeness (QED) is 0.529. The summed E-state index contributed by atoms with van der Waals surface area (Å²) in [5.41, 5.74) is 1.80. The Morgan fingerprint density at radius 3 is 2.57 bits per heavy atom. The van der Waals surface area contributed by atoms with E-state index in [9.17, 15) is 4.79 Å². The fourth-order valence-electron chi connectivity index (χ4n) is 2.59. The lowest BCUT2D eigenvalue weighted by molar-refractivity contribution is -0.137. The first-order valence-electron chi connectivity index (χ1n) is 5.50. The van der Waals surface area contributed by atoms with Gasteiger partial charge in [-0.2, -0.15) is 0 Å². The Morgan fingerprint density at radius 1 is 1.43 bits per heavy atom. The number of hydrogen-bond donors (Lipinski definition) is 2. The number of carbonyl (C=O) groups is 1. The molecule has 0 aromatic heterocycles. The maximum atomic E-state index is 11.5. The molecule has 0 aliphatic heterocycles. The molecule has 2 unspecified atom stereocenters. The zero-order chi connectivity index (χ0) is 10.7. The second-order valence-electron chi connectivity index (χ2n) is 4.91. The minimum atomic E-state index is -0.199. The molecule has 0 spiro atoms. The van der Waals surface area contributed by atoms with Crippen LogP contribution in [0.4, 0.5) is 0 Å². The van der Waals surface area contributed by atoms with Gasteiger partial charge < -0.3 is 0 Å². The summed E-state index contributed by atoms with van der Waals surface area (Å²) in [5.74, 6) is 1.36. The highest BCUT2D eigenvalue weighted by atomic mass is 16.5. The van der Waals surface area contributed by atoms with Crippen molar-refractivity contribution in [2.75, 3.05) is 0 Å². The normalized spacial score (nSPS) is 33.1. The number of hydrogen-bond acceptors (Lipinski definition) is 2. The molecule has 3 atom stereocenters. The molecule has 1 amide bonds. The van der Waals surface area contributed by atoms with E-state index in [-0.39, 0.29) is 11.8 Å². The second-order valence-corrected chi connectivity index (χ2v) is 4.91. The molecular weight excluding hydrogens is 178 g/mol. The van der Waals surface area contributed by atoms with Gasteiger partial charge in [-0.3, -0.25) is 10.0 Å². The minimum absolute atomic E-state index is 0.00347. The van der Waals surface area contributed by atoms with E-state index in [0.29, 0.717) is 17.8 Å². The fourth-order valence-corrected chi connectivity index (χ4v) is 2.59. The maximum Gasteiger partial charge on any atom is 0.246 e. The lowest BCUT2D eigenvalue weighted by Crippen LogP contribution is -2.38. The van der Waals surface area contributed by atoms with Crippen LogP contribution in [0.5, 0.6) is 0 Å². The van der Waals surface area contributed by atoms with Gasteiger partial charge >= 0.3 is 0 Å². The van der Waals surface area contributed by atoms with Crippen molar-refractivity contribution in [3.63, 3.8) is 0 Å². The van der Waals surface area contributed by atoms with Crippen molar-refractivity contribution in [1.82, 2.24) is 5.48 Å². The Hall–Kier alpha value is -0.570. The molecule has 0 saturated heterocycles. The Morgan fingerprint density at radius 2 is 2.07 bits per heavy atom. The maximum absolute atomic E-state index is 11.5. The Bertz CT molecular complexity index is 203. The molecule has 0 aromatic carbocycles. The summed E-state index contributed by atoms with van der Waals surface area (Å²) >= 11 is 0. The topological polar surface area (TPSA) is 49.3 Å². The molecule has 82 valence electrons. The Labute approximate surface area is 85.8 Å². The van der Waals surface area contributed by atoms with Crippen LogP contribution in [0, 0.1) is 23.7 Å². The summed E-state index contributed by atoms with van der Waals surface area (Å²) < 4.78 is 0. The van der Waals surface area contributed by atoms with Crippen LogP contribution in [0.2, 0.25) is 0 Å². The largest absolute Gasteiger partial charge is 0.289 e. The molecule has 1 saturated carbocycles. The number of rotatable bonds is 2. The lowest BCUT2D eigenvalue weighted by Gasteiger charge is -2.35. The molecule has 1 fully saturated rings. The minimum Gasteiger partial charge on any atom is -0.289 e. The monoisotopic (exact) mass is 199 g/mol. The molecule has 2 N–H and O–H groups in total. The molecule has 3 heteroatoms. The molecule has 1 aliphatic rings. The van der Waals surface area contributed by atoms with E-state index in [1.807, 2.05) is 0 Å². The van der Waals surface area contributed by atoms with Gasteiger partial charge in [0.2, 0.25) is 5.91 Å². The third kappa shape index (κ3) is 2.47. The van der Waals surface area contributed by atoms with Gasteiger partial charge in [-0.15, -0.1) is 0 Å². The van der Waals surface area contributed by atoms with Crippen molar-refractivity contribution in [2.24, 2.45) is 23.7 Å². The van der Waals surface area contributed by atoms with Gasteiger partial charge in [0.05, 0.1) is 0 Å². The van der Waals surface area contributed by atoms with Gasteiger partial charge in [-0.05, 0) is 30.6 Å². The van der Waals surface area contributed by atoms with Crippen molar-refractivity contribution >= 4 is 5.91 Å². The summed E-state index contributed by atoms with van der Waals surface area (Å²) in [4.78, 5) is 11.5. The van der Waals surface area contributed by atoms with E-state index in [1.165, 1.54) is 6.42 Å². The highest BCUT2D eigenvalue weighted by Gasteiger charge is 2.35. The van der Waals surface area contributed by atoms with Crippen LogP contribution in [0.1, 0.15) is 40.0 Å². The van der Waals surface area contributed by atoms with Crippen LogP contribution >= 0.6 is 0 Å². The number of nitrogens with one attached hydrogen (secondary N) is 1. The SMILES string of the molecule is CC1CC[C@@H](C(C)C)C(C(=O)NO)C1. The van der Waals surface area contributed by atoms with Crippen LogP contribution in [-0.4, -0.2) is 11.1 Å². The molecular formula is C11H21NO2. The zero-order valence-corrected chi connectivity index (χ0v) is 9.29. The second kappa shape index (κ2) is 4.78. The zero-order valence-electron chi connectivity index (χ0n) is 9.29. The molecule has 0 bridgehead atoms. The van der Waals surface area contributed by atoms with Crippen LogP contribution in [0.3, 0.4) is 0 Å². The van der Waals surface area contributed by atoms with Gasteiger partial charge in [0.15, 0.2) is 0 Å². The highest BCUT2D eigenvalue weighted by Crippen LogP contribution is 2.37. The summed E-state index contributed by atoms with van der Waals surface area (Å²) in [6, 6.07) is 0. The fraction of sp³-hybridized carbons (Fsp3) is 0.909. The number of carbonyl (C=O) groups excluding carboxylic acids is 1. The third-order valence-corrected chi connectivity index (χ3v) is 3.47. The van der Waals surface area contributed by atoms with E-state index in [0.717, 1.165) is 12.8 Å². The predicted octanol–water partition coefficient (Wildman–Crippen LogP) is 2.20. The smallest absolute Gasteiger partial charge is 0.246 e. The first kappa shape index (κ1) is 11.5. The highest BCUT2D eigenvalue weighted by molar-refractivity contribution is 5.77. The summed E-state index contributed by atoms with van der Waals surface area (Å²) in [7, 11) is 0. The van der Waals surface area contributed by atoms with E-state index < -0.39 is 0 Å². The molecule has 0 heterocycles. The first-order chi connectivity index (χ1) is 6.56. The average molecular weight is 199 g/mol. The van der Waals surface area contributed by atoms with Crippen molar-refractivity contribution in [1.29, 1.82) is 0 Å². The van der Waals surface area contributed by atoms with Crippen molar-refractivity contribution in [3.8, 4) is 0 Å². The van der Waals surface area contributed by atoms with Crippen molar-refractivity contribution in [2.45, 2.75) is 40.0 Å². The van der Waals surface area contributed by atoms with Gasteiger partial charge in [0.25, 0.3) is 0 Å². The first-order valence-corrected chi connectivity index (χ1v) is 5.50. The summed E-state index contributed by atoms with van der Waals surface area (Å²) in [6.07, 6.45) is 3.23. The molecule has 0 aromatic rings. The van der Waals surface area contributed by atoms with Crippen LogP contribution in [0.25, 0.3) is 0 Å². The average Bonchev–Trinajstić information content (AvgIpc) is 2.16. The third-order valence-electron chi connectivity index (χ3n) is 3.47. The van der Waals surface area contributed by atoms with Crippen molar-refractivity contribution in [3.05, 3.63) is 0 Å². The molecule has 14 heavy (non-hydrogen) atoms. The molecule has 0 radical (unpaired) electrons. The van der Waals surface area contributed by atoms with Gasteiger partial charge in [0, 0.05) is 5.92 Å². The van der Waals surface area contributed by atoms with E-state index in [2.05, 4.69) is 20.8 Å². The lowest BCUT2D eigenvalue weighted by atomic mass is 9.70. The standard InChI is InChI=1S/C11H21NO2/c1-7(2)9-5-4-8(3)6-10(9)11(13)12-14/h7-10,14H,4-6H2,1-3H3,(H,12,13)/t8?,9-,10?/m0/s1. The predicted molar refractivity (Wildman–Crippen MR) is 54.8 cm³/mol. The molecule has 1 aliphatic carbocycles. The number of hydroxylamine groups is 1. The number of amides is 1. The van der Waals surface area contributed by atoms with Crippen LogP contribution in [0.15, 0.2) is 0 Å². The Balaban J connectivity index is 2.68. The Kier molecular flexibility index (Phi) is 3.93. The van der Waals surface area contributed by atoms with Gasteiger partial charge in [0.1, 0.15) is 0 Å². The van der Waals surface area contributed by atoms with Gasteiger partial charge in [-0.25, -0.2) is 5.48 Å². The summed E-state index contributed by atoms with van der Waals surface area (Å²) in [6.45, 7) is 6.48. The van der Waals surface area contributed by atoms with E-state index in [1.54, 1.807) is 5.48 Å².